The Balaban J connectivity index is 2.22. The molecule has 0 aromatic heterocycles. The Hall–Kier alpha value is -0.860. The minimum absolute atomic E-state index is 0.111. The minimum Gasteiger partial charge on any atom is -0.481 e. The van der Waals surface area contributed by atoms with E-state index in [1.165, 1.54) is 0 Å². The van der Waals surface area contributed by atoms with Gasteiger partial charge in [0, 0.05) is 12.8 Å². The predicted molar refractivity (Wildman–Crippen MR) is 50.8 cm³/mol. The molecular weight excluding hydrogens is 180 g/mol. The number of hydrogen-bond acceptors (Lipinski definition) is 2. The zero-order chi connectivity index (χ0) is 10.3. The van der Waals surface area contributed by atoms with Gasteiger partial charge in [-0.05, 0) is 30.6 Å². The second kappa shape index (κ2) is 3.07. The van der Waals surface area contributed by atoms with Crippen molar-refractivity contribution in [3.8, 4) is 0 Å². The van der Waals surface area contributed by atoms with Gasteiger partial charge in [-0.2, -0.15) is 0 Å². The normalized spacial score (nSPS) is 42.2. The molecule has 1 unspecified atom stereocenters. The lowest BCUT2D eigenvalue weighted by Crippen LogP contribution is -2.38. The van der Waals surface area contributed by atoms with Crippen LogP contribution in [0.2, 0.25) is 0 Å². The van der Waals surface area contributed by atoms with Gasteiger partial charge < -0.3 is 5.11 Å². The van der Waals surface area contributed by atoms with E-state index in [2.05, 4.69) is 6.92 Å². The maximum absolute atomic E-state index is 11.3. The number of hydrogen-bond donors (Lipinski definition) is 1. The van der Waals surface area contributed by atoms with Gasteiger partial charge in [0.05, 0.1) is 5.92 Å². The van der Waals surface area contributed by atoms with Crippen molar-refractivity contribution in [1.29, 1.82) is 0 Å². The third-order valence-corrected chi connectivity index (χ3v) is 4.25. The molecule has 3 nitrogen and oxygen atoms in total. The van der Waals surface area contributed by atoms with Gasteiger partial charge >= 0.3 is 5.97 Å². The second-order valence-corrected chi connectivity index (χ2v) is 4.91. The van der Waals surface area contributed by atoms with Gasteiger partial charge in [0.1, 0.15) is 5.78 Å². The molecule has 0 spiro atoms. The molecule has 0 heterocycles. The molecule has 78 valence electrons. The zero-order valence-electron chi connectivity index (χ0n) is 8.45. The standard InChI is InChI=1S/C11H16O3/c1-11-5-4-8(12)6-7(11)2-3-9(11)10(13)14/h7,9H,2-6H2,1H3,(H,13,14)/t7-,9?,11+/m0/s1. The van der Waals surface area contributed by atoms with Crippen LogP contribution in [0, 0.1) is 17.3 Å². The number of carboxylic acids is 1. The summed E-state index contributed by atoms with van der Waals surface area (Å²) >= 11 is 0. The summed E-state index contributed by atoms with van der Waals surface area (Å²) in [6, 6.07) is 0. The van der Waals surface area contributed by atoms with E-state index >= 15 is 0 Å². The molecule has 0 saturated heterocycles. The molecule has 2 aliphatic rings. The SMILES string of the molecule is C[C@@]12CCC(=O)C[C@@H]1CCC2C(=O)O. The number of rotatable bonds is 1. The molecule has 0 aromatic carbocycles. The van der Waals surface area contributed by atoms with E-state index in [4.69, 9.17) is 5.11 Å². The number of carbonyl (C=O) groups excluding carboxylic acids is 1. The maximum atomic E-state index is 11.3. The minimum atomic E-state index is -0.677. The lowest BCUT2D eigenvalue weighted by molar-refractivity contribution is -0.147. The highest BCUT2D eigenvalue weighted by Gasteiger charge is 2.52. The van der Waals surface area contributed by atoms with Gasteiger partial charge in [-0.15, -0.1) is 0 Å². The average Bonchev–Trinajstić information content (AvgIpc) is 2.43. The van der Waals surface area contributed by atoms with Crippen LogP contribution in [0.5, 0.6) is 0 Å². The number of aliphatic carboxylic acids is 1. The van der Waals surface area contributed by atoms with Crippen molar-refractivity contribution >= 4 is 11.8 Å². The van der Waals surface area contributed by atoms with Crippen molar-refractivity contribution in [1.82, 2.24) is 0 Å². The van der Waals surface area contributed by atoms with Crippen LogP contribution in [0.4, 0.5) is 0 Å². The van der Waals surface area contributed by atoms with E-state index < -0.39 is 5.97 Å². The van der Waals surface area contributed by atoms with Gasteiger partial charge in [-0.25, -0.2) is 0 Å². The van der Waals surface area contributed by atoms with E-state index in [1.54, 1.807) is 0 Å². The fraction of sp³-hybridized carbons (Fsp3) is 0.818. The Morgan fingerprint density at radius 2 is 2.21 bits per heavy atom. The topological polar surface area (TPSA) is 54.4 Å². The number of carbonyl (C=O) groups is 2. The summed E-state index contributed by atoms with van der Waals surface area (Å²) in [7, 11) is 0. The molecule has 3 atom stereocenters. The Morgan fingerprint density at radius 3 is 2.86 bits per heavy atom. The van der Waals surface area contributed by atoms with E-state index in [-0.39, 0.29) is 11.3 Å². The number of Topliss-reactive ketones (excluding diaryl/α,β-unsaturated/α-hetero) is 1. The molecule has 3 heteroatoms. The Morgan fingerprint density at radius 1 is 1.50 bits per heavy atom. The first-order valence-electron chi connectivity index (χ1n) is 5.28. The highest BCUT2D eigenvalue weighted by atomic mass is 16.4. The van der Waals surface area contributed by atoms with Crippen LogP contribution >= 0.6 is 0 Å². The molecule has 2 rings (SSSR count). The molecule has 2 aliphatic carbocycles. The molecule has 14 heavy (non-hydrogen) atoms. The quantitative estimate of drug-likeness (QED) is 0.696. The molecule has 0 amide bonds. The molecule has 0 bridgehead atoms. The van der Waals surface area contributed by atoms with Gasteiger partial charge in [-0.1, -0.05) is 6.92 Å². The van der Waals surface area contributed by atoms with Gasteiger partial charge in [0.25, 0.3) is 0 Å². The molecular formula is C11H16O3. The van der Waals surface area contributed by atoms with E-state index in [0.717, 1.165) is 19.3 Å². The van der Waals surface area contributed by atoms with E-state index in [9.17, 15) is 9.59 Å². The van der Waals surface area contributed by atoms with Crippen molar-refractivity contribution < 1.29 is 14.7 Å². The van der Waals surface area contributed by atoms with Crippen LogP contribution in [0.3, 0.4) is 0 Å². The highest BCUT2D eigenvalue weighted by molar-refractivity contribution is 5.81. The van der Waals surface area contributed by atoms with Crippen LogP contribution in [-0.4, -0.2) is 16.9 Å². The second-order valence-electron chi connectivity index (χ2n) is 4.91. The average molecular weight is 196 g/mol. The third kappa shape index (κ3) is 1.26. The summed E-state index contributed by atoms with van der Waals surface area (Å²) in [5.41, 5.74) is -0.111. The Bertz CT molecular complexity index is 284. The largest absolute Gasteiger partial charge is 0.481 e. The smallest absolute Gasteiger partial charge is 0.307 e. The van der Waals surface area contributed by atoms with Crippen LogP contribution in [0.1, 0.15) is 39.0 Å². The Labute approximate surface area is 83.5 Å². The van der Waals surface area contributed by atoms with Crippen LogP contribution in [0.25, 0.3) is 0 Å². The van der Waals surface area contributed by atoms with Gasteiger partial charge in [0.15, 0.2) is 0 Å². The fourth-order valence-electron chi connectivity index (χ4n) is 3.22. The number of ketones is 1. The molecule has 0 aliphatic heterocycles. The predicted octanol–water partition coefficient (Wildman–Crippen LogP) is 1.86. The molecule has 1 N–H and O–H groups in total. The van der Waals surface area contributed by atoms with E-state index in [0.29, 0.717) is 24.5 Å². The summed E-state index contributed by atoms with van der Waals surface area (Å²) < 4.78 is 0. The summed E-state index contributed by atoms with van der Waals surface area (Å²) in [5.74, 6) is -0.256. The highest BCUT2D eigenvalue weighted by Crippen LogP contribution is 2.54. The van der Waals surface area contributed by atoms with Crippen molar-refractivity contribution in [2.45, 2.75) is 39.0 Å². The summed E-state index contributed by atoms with van der Waals surface area (Å²) in [6.07, 6.45) is 3.63. The number of fused-ring (bicyclic) bond motifs is 1. The Kier molecular flexibility index (Phi) is 2.13. The molecule has 0 aromatic rings. The maximum Gasteiger partial charge on any atom is 0.307 e. The number of carboxylic acid groups (broad SMARTS) is 1. The van der Waals surface area contributed by atoms with Crippen molar-refractivity contribution in [2.24, 2.45) is 17.3 Å². The first-order chi connectivity index (χ1) is 6.54. The summed E-state index contributed by atoms with van der Waals surface area (Å²) in [5, 5.41) is 9.10. The first-order valence-corrected chi connectivity index (χ1v) is 5.28. The van der Waals surface area contributed by atoms with Crippen molar-refractivity contribution in [2.75, 3.05) is 0 Å². The monoisotopic (exact) mass is 196 g/mol. The lowest BCUT2D eigenvalue weighted by atomic mass is 9.65. The summed E-state index contributed by atoms with van der Waals surface area (Å²) in [4.78, 5) is 22.3. The van der Waals surface area contributed by atoms with E-state index in [1.807, 2.05) is 0 Å². The van der Waals surface area contributed by atoms with Gasteiger partial charge in [-0.3, -0.25) is 9.59 Å². The van der Waals surface area contributed by atoms with Crippen molar-refractivity contribution in [3.63, 3.8) is 0 Å². The molecule has 2 saturated carbocycles. The fourth-order valence-corrected chi connectivity index (χ4v) is 3.22. The first kappa shape index (κ1) is 9.69. The third-order valence-electron chi connectivity index (χ3n) is 4.25. The molecule has 2 fully saturated rings. The zero-order valence-corrected chi connectivity index (χ0v) is 8.45. The van der Waals surface area contributed by atoms with Crippen LogP contribution in [-0.2, 0) is 9.59 Å². The van der Waals surface area contributed by atoms with Crippen LogP contribution in [0.15, 0.2) is 0 Å². The lowest BCUT2D eigenvalue weighted by Gasteiger charge is -2.38. The van der Waals surface area contributed by atoms with Crippen molar-refractivity contribution in [3.05, 3.63) is 0 Å². The summed E-state index contributed by atoms with van der Waals surface area (Å²) in [6.45, 7) is 2.05. The molecule has 0 radical (unpaired) electrons. The van der Waals surface area contributed by atoms with Crippen LogP contribution < -0.4 is 0 Å². The van der Waals surface area contributed by atoms with Gasteiger partial charge in [0.2, 0.25) is 0 Å².